The van der Waals surface area contributed by atoms with Crippen molar-refractivity contribution in [2.45, 2.75) is 26.2 Å². The van der Waals surface area contributed by atoms with Gasteiger partial charge in [-0.3, -0.25) is 4.79 Å². The summed E-state index contributed by atoms with van der Waals surface area (Å²) in [5.41, 5.74) is 0.810. The third kappa shape index (κ3) is 1.68. The Morgan fingerprint density at radius 2 is 2.45 bits per heavy atom. The van der Waals surface area contributed by atoms with Gasteiger partial charge in [-0.05, 0) is 37.3 Å². The number of aliphatic carboxylic acids is 1. The van der Waals surface area contributed by atoms with Gasteiger partial charge < -0.3 is 10.0 Å². The summed E-state index contributed by atoms with van der Waals surface area (Å²) in [5, 5.41) is 18.9. The van der Waals surface area contributed by atoms with Crippen LogP contribution in [0.1, 0.15) is 30.4 Å². The number of nitriles is 1. The molecule has 1 saturated carbocycles. The van der Waals surface area contributed by atoms with Crippen molar-refractivity contribution in [1.82, 2.24) is 4.98 Å². The molecule has 2 heterocycles. The van der Waals surface area contributed by atoms with Crippen LogP contribution in [0, 0.1) is 29.6 Å². The van der Waals surface area contributed by atoms with Gasteiger partial charge in [-0.15, -0.1) is 0 Å². The molecule has 20 heavy (non-hydrogen) atoms. The van der Waals surface area contributed by atoms with Crippen LogP contribution in [0.4, 0.5) is 5.82 Å². The molecule has 0 amide bonds. The molecule has 5 heteroatoms. The first-order chi connectivity index (χ1) is 9.58. The largest absolute Gasteiger partial charge is 0.481 e. The Kier molecular flexibility index (Phi) is 2.89. The summed E-state index contributed by atoms with van der Waals surface area (Å²) in [6.45, 7) is 3.04. The lowest BCUT2D eigenvalue weighted by Crippen LogP contribution is -2.36. The first kappa shape index (κ1) is 12.9. The maximum absolute atomic E-state index is 11.7. The molecule has 1 saturated heterocycles. The van der Waals surface area contributed by atoms with Gasteiger partial charge in [0.05, 0.1) is 11.0 Å². The predicted molar refractivity (Wildman–Crippen MR) is 73.3 cm³/mol. The Labute approximate surface area is 117 Å². The quantitative estimate of drug-likeness (QED) is 0.889. The minimum absolute atomic E-state index is 0.175. The van der Waals surface area contributed by atoms with E-state index in [1.54, 1.807) is 6.20 Å². The molecule has 1 aromatic heterocycles. The van der Waals surface area contributed by atoms with E-state index >= 15 is 0 Å². The molecular formula is C15H17N3O2. The fourth-order valence-electron chi connectivity index (χ4n) is 3.72. The average Bonchev–Trinajstić information content (AvgIpc) is 2.95. The van der Waals surface area contributed by atoms with Crippen LogP contribution in [0.3, 0.4) is 0 Å². The zero-order valence-electron chi connectivity index (χ0n) is 11.5. The van der Waals surface area contributed by atoms with Crippen LogP contribution in [0.15, 0.2) is 12.3 Å². The van der Waals surface area contributed by atoms with Gasteiger partial charge in [0.1, 0.15) is 11.9 Å². The number of hydrogen-bond donors (Lipinski definition) is 1. The zero-order valence-corrected chi connectivity index (χ0v) is 11.5. The fourth-order valence-corrected chi connectivity index (χ4v) is 3.72. The van der Waals surface area contributed by atoms with Crippen molar-refractivity contribution in [2.75, 3.05) is 18.0 Å². The summed E-state index contributed by atoms with van der Waals surface area (Å²) in [6.07, 6.45) is 4.36. The molecule has 0 bridgehead atoms. The number of carboxylic acid groups (broad SMARTS) is 1. The number of anilines is 1. The normalized spacial score (nSPS) is 28.2. The van der Waals surface area contributed by atoms with Gasteiger partial charge in [-0.1, -0.05) is 6.42 Å². The topological polar surface area (TPSA) is 77.2 Å². The third-order valence-corrected chi connectivity index (χ3v) is 4.85. The number of nitrogens with zero attached hydrogens (tertiary/aromatic N) is 3. The lowest BCUT2D eigenvalue weighted by atomic mass is 9.81. The molecule has 0 aromatic carbocycles. The first-order valence-electron chi connectivity index (χ1n) is 6.92. The van der Waals surface area contributed by atoms with Crippen LogP contribution in [-0.2, 0) is 4.79 Å². The summed E-state index contributed by atoms with van der Waals surface area (Å²) in [5.74, 6) is 0.116. The molecule has 2 aliphatic rings. The molecule has 5 nitrogen and oxygen atoms in total. The maximum atomic E-state index is 11.7. The van der Waals surface area contributed by atoms with Crippen molar-refractivity contribution in [3.05, 3.63) is 23.4 Å². The zero-order chi connectivity index (χ0) is 14.3. The minimum atomic E-state index is -0.700. The SMILES string of the molecule is Cc1ccnc(N2C[C@@H]3CCC[C@@]3(C(=O)O)C2)c1C#N. The molecule has 1 aromatic rings. The monoisotopic (exact) mass is 271 g/mol. The van der Waals surface area contributed by atoms with Crippen LogP contribution in [0.5, 0.6) is 0 Å². The van der Waals surface area contributed by atoms with Gasteiger partial charge >= 0.3 is 5.97 Å². The van der Waals surface area contributed by atoms with Crippen LogP contribution in [0.2, 0.25) is 0 Å². The van der Waals surface area contributed by atoms with E-state index in [1.165, 1.54) is 0 Å². The molecule has 3 rings (SSSR count). The Balaban J connectivity index is 1.98. The Bertz CT molecular complexity index is 608. The van der Waals surface area contributed by atoms with Crippen molar-refractivity contribution in [3.8, 4) is 6.07 Å². The number of aromatic nitrogens is 1. The fraction of sp³-hybridized carbons (Fsp3) is 0.533. The summed E-state index contributed by atoms with van der Waals surface area (Å²) in [4.78, 5) is 18.0. The van der Waals surface area contributed by atoms with Gasteiger partial charge in [0.2, 0.25) is 0 Å². The molecule has 104 valence electrons. The average molecular weight is 271 g/mol. The molecule has 1 aliphatic heterocycles. The highest BCUT2D eigenvalue weighted by Crippen LogP contribution is 2.49. The first-order valence-corrected chi connectivity index (χ1v) is 6.92. The van der Waals surface area contributed by atoms with E-state index in [4.69, 9.17) is 0 Å². The molecule has 0 unspecified atom stereocenters. The van der Waals surface area contributed by atoms with E-state index in [2.05, 4.69) is 11.1 Å². The summed E-state index contributed by atoms with van der Waals surface area (Å²) >= 11 is 0. The summed E-state index contributed by atoms with van der Waals surface area (Å²) in [6, 6.07) is 4.01. The van der Waals surface area contributed by atoms with E-state index in [1.807, 2.05) is 17.9 Å². The second-order valence-electron chi connectivity index (χ2n) is 5.87. The maximum Gasteiger partial charge on any atom is 0.311 e. The summed E-state index contributed by atoms with van der Waals surface area (Å²) in [7, 11) is 0. The van der Waals surface area contributed by atoms with Gasteiger partial charge in [0.25, 0.3) is 0 Å². The number of hydrogen-bond acceptors (Lipinski definition) is 4. The van der Waals surface area contributed by atoms with Gasteiger partial charge in [0.15, 0.2) is 0 Å². The van der Waals surface area contributed by atoms with Crippen molar-refractivity contribution in [1.29, 1.82) is 5.26 Å². The van der Waals surface area contributed by atoms with E-state index in [0.29, 0.717) is 24.5 Å². The number of pyridine rings is 1. The van der Waals surface area contributed by atoms with Gasteiger partial charge in [-0.25, -0.2) is 4.98 Å². The van der Waals surface area contributed by atoms with E-state index in [9.17, 15) is 15.2 Å². The standard InChI is InChI=1S/C15H17N3O2/c1-10-4-6-17-13(12(10)7-16)18-8-11-3-2-5-15(11,9-18)14(19)20/h4,6,11H,2-3,5,8-9H2,1H3,(H,19,20)/t11-,15+/m0/s1. The highest BCUT2D eigenvalue weighted by atomic mass is 16.4. The third-order valence-electron chi connectivity index (χ3n) is 4.85. The lowest BCUT2D eigenvalue weighted by Gasteiger charge is -2.24. The van der Waals surface area contributed by atoms with Crippen molar-refractivity contribution < 1.29 is 9.90 Å². The molecule has 1 aliphatic carbocycles. The highest BCUT2D eigenvalue weighted by Gasteiger charge is 2.55. The van der Waals surface area contributed by atoms with E-state index < -0.39 is 11.4 Å². The van der Waals surface area contributed by atoms with Crippen molar-refractivity contribution >= 4 is 11.8 Å². The predicted octanol–water partition coefficient (Wildman–Crippen LogP) is 1.95. The highest BCUT2D eigenvalue weighted by molar-refractivity contribution is 5.78. The van der Waals surface area contributed by atoms with Crippen LogP contribution in [0.25, 0.3) is 0 Å². The Morgan fingerprint density at radius 1 is 1.65 bits per heavy atom. The summed E-state index contributed by atoms with van der Waals surface area (Å²) < 4.78 is 0. The Morgan fingerprint density at radius 3 is 3.10 bits per heavy atom. The van der Waals surface area contributed by atoms with E-state index in [-0.39, 0.29) is 5.92 Å². The number of aryl methyl sites for hydroxylation is 1. The van der Waals surface area contributed by atoms with Crippen LogP contribution in [-0.4, -0.2) is 29.1 Å². The molecule has 2 atom stereocenters. The molecular weight excluding hydrogens is 254 g/mol. The smallest absolute Gasteiger partial charge is 0.311 e. The molecule has 1 N–H and O–H groups in total. The molecule has 2 fully saturated rings. The number of fused-ring (bicyclic) bond motifs is 1. The number of carbonyl (C=O) groups is 1. The van der Waals surface area contributed by atoms with Crippen LogP contribution < -0.4 is 4.90 Å². The number of rotatable bonds is 2. The minimum Gasteiger partial charge on any atom is -0.481 e. The second kappa shape index (κ2) is 4.48. The van der Waals surface area contributed by atoms with Crippen molar-refractivity contribution in [3.63, 3.8) is 0 Å². The lowest BCUT2D eigenvalue weighted by molar-refractivity contribution is -0.149. The Hall–Kier alpha value is -2.09. The van der Waals surface area contributed by atoms with Crippen LogP contribution >= 0.6 is 0 Å². The van der Waals surface area contributed by atoms with Crippen molar-refractivity contribution in [2.24, 2.45) is 11.3 Å². The molecule has 0 radical (unpaired) electrons. The number of carboxylic acids is 1. The second-order valence-corrected chi connectivity index (χ2v) is 5.87. The molecule has 0 spiro atoms. The van der Waals surface area contributed by atoms with Gasteiger partial charge in [-0.2, -0.15) is 5.26 Å². The van der Waals surface area contributed by atoms with E-state index in [0.717, 1.165) is 24.8 Å². The van der Waals surface area contributed by atoms with Gasteiger partial charge in [0, 0.05) is 19.3 Å².